The number of rotatable bonds is 5. The number of aromatic nitrogens is 2. The molecule has 11 rings (SSSR count). The van der Waals surface area contributed by atoms with Gasteiger partial charge in [0.15, 0.2) is 0 Å². The lowest BCUT2D eigenvalue weighted by Crippen LogP contribution is -2.03. The third kappa shape index (κ3) is 4.88. The van der Waals surface area contributed by atoms with Gasteiger partial charge in [-0.3, -0.25) is 0 Å². The molecule has 0 atom stereocenters. The Morgan fingerprint density at radius 3 is 1.87 bits per heavy atom. The first-order valence-electron chi connectivity index (χ1n) is 18.9. The normalized spacial score (nSPS) is 12.6. The molecule has 8 aromatic carbocycles. The van der Waals surface area contributed by atoms with Gasteiger partial charge in [0, 0.05) is 44.4 Å². The summed E-state index contributed by atoms with van der Waals surface area (Å²) < 4.78 is 5.00. The Bertz CT molecular complexity index is 3030. The summed E-state index contributed by atoms with van der Waals surface area (Å²) in [4.78, 5) is 0. The minimum atomic E-state index is 1.02. The van der Waals surface area contributed by atoms with E-state index in [9.17, 15) is 0 Å². The van der Waals surface area contributed by atoms with Gasteiger partial charge in [-0.2, -0.15) is 0 Å². The van der Waals surface area contributed by atoms with E-state index < -0.39 is 0 Å². The van der Waals surface area contributed by atoms with Gasteiger partial charge in [0.1, 0.15) is 0 Å². The van der Waals surface area contributed by atoms with Crippen LogP contribution in [0.1, 0.15) is 17.7 Å². The molecule has 2 nitrogen and oxygen atoms in total. The lowest BCUT2D eigenvalue weighted by Gasteiger charge is -2.16. The van der Waals surface area contributed by atoms with Crippen LogP contribution in [0.3, 0.4) is 0 Å². The molecule has 2 heterocycles. The Balaban J connectivity index is 1.15. The van der Waals surface area contributed by atoms with Crippen LogP contribution in [0.4, 0.5) is 0 Å². The van der Waals surface area contributed by atoms with Crippen molar-refractivity contribution in [3.8, 4) is 44.8 Å². The molecule has 0 aliphatic heterocycles. The van der Waals surface area contributed by atoms with Gasteiger partial charge >= 0.3 is 0 Å². The van der Waals surface area contributed by atoms with Crippen molar-refractivity contribution in [2.45, 2.75) is 12.8 Å². The maximum Gasteiger partial charge on any atom is 0.0616 e. The molecular formula is C52H36N2. The summed E-state index contributed by atoms with van der Waals surface area (Å²) in [6.07, 6.45) is 6.74. The van der Waals surface area contributed by atoms with Gasteiger partial charge < -0.3 is 9.13 Å². The van der Waals surface area contributed by atoms with Crippen LogP contribution in [0.25, 0.3) is 94.3 Å². The molecule has 0 unspecified atom stereocenters. The molecule has 0 saturated carbocycles. The maximum absolute atomic E-state index is 2.55. The summed E-state index contributed by atoms with van der Waals surface area (Å²) in [5.41, 5.74) is 16.1. The molecule has 0 fully saturated rings. The van der Waals surface area contributed by atoms with Crippen LogP contribution in [-0.2, 0) is 6.42 Å². The van der Waals surface area contributed by atoms with Crippen LogP contribution in [0.2, 0.25) is 0 Å². The zero-order valence-electron chi connectivity index (χ0n) is 29.8. The lowest BCUT2D eigenvalue weighted by molar-refractivity contribution is 0.889. The summed E-state index contributed by atoms with van der Waals surface area (Å²) in [6, 6.07) is 66.9. The zero-order chi connectivity index (χ0) is 35.6. The number of para-hydroxylation sites is 2. The number of hydrogen-bond donors (Lipinski definition) is 0. The highest BCUT2D eigenvalue weighted by Gasteiger charge is 2.22. The lowest BCUT2D eigenvalue weighted by atomic mass is 9.97. The van der Waals surface area contributed by atoms with Crippen LogP contribution in [0, 0.1) is 0 Å². The van der Waals surface area contributed by atoms with Crippen LogP contribution >= 0.6 is 0 Å². The van der Waals surface area contributed by atoms with Crippen molar-refractivity contribution < 1.29 is 0 Å². The van der Waals surface area contributed by atoms with Crippen molar-refractivity contribution in [3.63, 3.8) is 0 Å². The SMILES string of the molecule is C1=Cc2c(n(-c3ccc4ccccc4c3)c3c(-c4ccc5c(c4)c4ccccc4n5-c4cc(-c5ccccc5)cc(-c5ccccc5)c4)cccc23)CC1. The van der Waals surface area contributed by atoms with Gasteiger partial charge in [0.25, 0.3) is 0 Å². The molecule has 54 heavy (non-hydrogen) atoms. The topological polar surface area (TPSA) is 9.86 Å². The summed E-state index contributed by atoms with van der Waals surface area (Å²) in [5.74, 6) is 0. The number of hydrogen-bond acceptors (Lipinski definition) is 0. The molecular weight excluding hydrogens is 653 g/mol. The minimum absolute atomic E-state index is 1.02. The van der Waals surface area contributed by atoms with Crippen molar-refractivity contribution in [2.75, 3.05) is 0 Å². The molecule has 1 aliphatic carbocycles. The largest absolute Gasteiger partial charge is 0.312 e. The van der Waals surface area contributed by atoms with Gasteiger partial charge in [-0.15, -0.1) is 0 Å². The Labute approximate surface area is 314 Å². The van der Waals surface area contributed by atoms with E-state index in [0.717, 1.165) is 18.5 Å². The van der Waals surface area contributed by atoms with E-state index in [1.807, 2.05) is 0 Å². The first-order valence-corrected chi connectivity index (χ1v) is 18.9. The summed E-state index contributed by atoms with van der Waals surface area (Å²) in [6.45, 7) is 0. The predicted octanol–water partition coefficient (Wildman–Crippen LogP) is 13.8. The molecule has 2 aromatic heterocycles. The number of allylic oxidation sites excluding steroid dienone is 1. The molecule has 0 spiro atoms. The predicted molar refractivity (Wildman–Crippen MR) is 229 cm³/mol. The van der Waals surface area contributed by atoms with E-state index in [4.69, 9.17) is 0 Å². The summed E-state index contributed by atoms with van der Waals surface area (Å²) in [7, 11) is 0. The van der Waals surface area contributed by atoms with E-state index in [-0.39, 0.29) is 0 Å². The fourth-order valence-corrected chi connectivity index (χ4v) is 8.85. The van der Waals surface area contributed by atoms with E-state index in [1.54, 1.807) is 0 Å². The molecule has 0 saturated heterocycles. The van der Waals surface area contributed by atoms with E-state index in [1.165, 1.54) is 93.8 Å². The van der Waals surface area contributed by atoms with Crippen LogP contribution in [0.5, 0.6) is 0 Å². The molecule has 10 aromatic rings. The maximum atomic E-state index is 2.55. The summed E-state index contributed by atoms with van der Waals surface area (Å²) >= 11 is 0. The monoisotopic (exact) mass is 688 g/mol. The molecule has 254 valence electrons. The first kappa shape index (κ1) is 30.7. The Kier molecular flexibility index (Phi) is 7.03. The first-order chi connectivity index (χ1) is 26.8. The highest BCUT2D eigenvalue weighted by atomic mass is 15.0. The van der Waals surface area contributed by atoms with Crippen LogP contribution in [-0.4, -0.2) is 9.13 Å². The fraction of sp³-hybridized carbons (Fsp3) is 0.0385. The number of benzene rings is 8. The Morgan fingerprint density at radius 1 is 0.389 bits per heavy atom. The molecule has 1 aliphatic rings. The second-order valence-corrected chi connectivity index (χ2v) is 14.5. The second kappa shape index (κ2) is 12.4. The van der Waals surface area contributed by atoms with Crippen LogP contribution in [0.15, 0.2) is 188 Å². The smallest absolute Gasteiger partial charge is 0.0616 e. The average molecular weight is 689 g/mol. The number of fused-ring (bicyclic) bond motifs is 7. The minimum Gasteiger partial charge on any atom is -0.312 e. The molecule has 0 radical (unpaired) electrons. The third-order valence-corrected chi connectivity index (χ3v) is 11.3. The quantitative estimate of drug-likeness (QED) is 0.170. The van der Waals surface area contributed by atoms with Crippen molar-refractivity contribution in [2.24, 2.45) is 0 Å². The number of nitrogens with zero attached hydrogens (tertiary/aromatic N) is 2. The van der Waals surface area contributed by atoms with Crippen molar-refractivity contribution in [1.82, 2.24) is 9.13 Å². The second-order valence-electron chi connectivity index (χ2n) is 14.5. The van der Waals surface area contributed by atoms with Gasteiger partial charge in [0.05, 0.1) is 16.6 Å². The van der Waals surface area contributed by atoms with Gasteiger partial charge in [-0.1, -0.05) is 146 Å². The highest BCUT2D eigenvalue weighted by Crippen LogP contribution is 2.42. The standard InChI is InChI=1S/C52H36N2/c1-3-14-35(15-4-1)40-30-41(36-16-5-2-6-17-36)33-43(32-40)53-49-24-11-10-21-46(49)48-34-39(27-29-51(48)53)44-22-13-23-47-45-20-9-12-25-50(45)54(52(44)47)42-28-26-37-18-7-8-19-38(37)31-42/h1-11,13-24,26-34H,12,25H2. The zero-order valence-corrected chi connectivity index (χ0v) is 29.8. The van der Waals surface area contributed by atoms with Crippen molar-refractivity contribution >= 4 is 49.6 Å². The summed E-state index contributed by atoms with van der Waals surface area (Å²) in [5, 5.41) is 6.33. The Morgan fingerprint density at radius 2 is 1.07 bits per heavy atom. The van der Waals surface area contributed by atoms with Gasteiger partial charge in [0.2, 0.25) is 0 Å². The Hall–Kier alpha value is -6.90. The van der Waals surface area contributed by atoms with Crippen molar-refractivity contribution in [3.05, 3.63) is 199 Å². The molecule has 0 bridgehead atoms. The average Bonchev–Trinajstić information content (AvgIpc) is 3.77. The van der Waals surface area contributed by atoms with E-state index >= 15 is 0 Å². The van der Waals surface area contributed by atoms with Gasteiger partial charge in [-0.25, -0.2) is 0 Å². The molecule has 2 heteroatoms. The van der Waals surface area contributed by atoms with Gasteiger partial charge in [-0.05, 0) is 100.0 Å². The van der Waals surface area contributed by atoms with Crippen molar-refractivity contribution in [1.29, 1.82) is 0 Å². The van der Waals surface area contributed by atoms with Crippen LogP contribution < -0.4 is 0 Å². The van der Waals surface area contributed by atoms with E-state index in [2.05, 4.69) is 203 Å². The van der Waals surface area contributed by atoms with E-state index in [0.29, 0.717) is 0 Å². The fourth-order valence-electron chi connectivity index (χ4n) is 8.85. The molecule has 0 N–H and O–H groups in total. The highest BCUT2D eigenvalue weighted by molar-refractivity contribution is 6.12. The molecule has 0 amide bonds. The third-order valence-electron chi connectivity index (χ3n) is 11.3.